The van der Waals surface area contributed by atoms with Crippen LogP contribution in [0.3, 0.4) is 0 Å². The number of hydrogen-bond donors (Lipinski definition) is 1. The molecule has 0 saturated carbocycles. The fourth-order valence-corrected chi connectivity index (χ4v) is 5.03. The average Bonchev–Trinajstić information content (AvgIpc) is 2.78. The van der Waals surface area contributed by atoms with Crippen molar-refractivity contribution in [3.63, 3.8) is 0 Å². The number of rotatable bonds is 5. The number of halogens is 2. The molecule has 1 aliphatic carbocycles. The maximum Gasteiger partial charge on any atom is 0.225 e. The maximum atomic E-state index is 13.4. The predicted molar refractivity (Wildman–Crippen MR) is 122 cm³/mol. The van der Waals surface area contributed by atoms with E-state index in [1.165, 1.54) is 0 Å². The molecule has 0 fully saturated rings. The van der Waals surface area contributed by atoms with E-state index in [0.717, 1.165) is 5.56 Å². The first kappa shape index (κ1) is 22.5. The monoisotopic (exact) mass is 475 g/mol. The summed E-state index contributed by atoms with van der Waals surface area (Å²) in [5, 5.41) is 3.69. The van der Waals surface area contributed by atoms with Crippen molar-refractivity contribution in [2.24, 2.45) is 0 Å². The number of nitrogens with one attached hydrogen (secondary N) is 1. The number of benzene rings is 2. The molecule has 6 nitrogen and oxygen atoms in total. The molecule has 168 valence electrons. The SMILES string of the molecule is COc1cc([C@@H]2CC(=O)C3=C(C2)NC(=O)C[C@H]3c2cccc(Cl)c2Cl)cc(OC)c1OC. The smallest absolute Gasteiger partial charge is 0.225 e. The van der Waals surface area contributed by atoms with E-state index >= 15 is 0 Å². The van der Waals surface area contributed by atoms with E-state index in [-0.39, 0.29) is 24.0 Å². The minimum Gasteiger partial charge on any atom is -0.493 e. The first-order chi connectivity index (χ1) is 15.4. The lowest BCUT2D eigenvalue weighted by Gasteiger charge is -2.35. The molecule has 1 amide bonds. The van der Waals surface area contributed by atoms with E-state index in [9.17, 15) is 9.59 Å². The van der Waals surface area contributed by atoms with Crippen LogP contribution in [0.4, 0.5) is 0 Å². The van der Waals surface area contributed by atoms with Gasteiger partial charge in [0.15, 0.2) is 17.3 Å². The summed E-state index contributed by atoms with van der Waals surface area (Å²) in [6.45, 7) is 0. The zero-order chi connectivity index (χ0) is 23.0. The van der Waals surface area contributed by atoms with E-state index < -0.39 is 5.92 Å². The van der Waals surface area contributed by atoms with Gasteiger partial charge in [0, 0.05) is 30.0 Å². The Bertz CT molecular complexity index is 1100. The Morgan fingerprint density at radius 3 is 2.25 bits per heavy atom. The Kier molecular flexibility index (Phi) is 6.35. The second-order valence-corrected chi connectivity index (χ2v) is 8.61. The largest absolute Gasteiger partial charge is 0.493 e. The Labute approximate surface area is 196 Å². The van der Waals surface area contributed by atoms with Crippen LogP contribution in [-0.2, 0) is 9.59 Å². The minimum atomic E-state index is -0.418. The standard InChI is InChI=1S/C24H23Cl2NO5/c1-30-19-9-13(10-20(31-2)24(19)32-3)12-7-17-22(18(28)8-12)15(11-21(29)27-17)14-5-4-6-16(25)23(14)26/h4-6,9-10,12,15H,7-8,11H2,1-3H3,(H,27,29)/t12-,15-/m0/s1. The molecule has 0 spiro atoms. The summed E-state index contributed by atoms with van der Waals surface area (Å²) in [6, 6.07) is 8.99. The third-order valence-corrected chi connectivity index (χ3v) is 6.88. The maximum absolute atomic E-state index is 13.4. The van der Waals surface area contributed by atoms with Crippen LogP contribution in [0.2, 0.25) is 10.0 Å². The van der Waals surface area contributed by atoms with Crippen LogP contribution in [0.25, 0.3) is 0 Å². The summed E-state index contributed by atoms with van der Waals surface area (Å²) in [4.78, 5) is 25.9. The first-order valence-corrected chi connectivity index (χ1v) is 10.9. The van der Waals surface area contributed by atoms with Gasteiger partial charge in [0.05, 0.1) is 31.4 Å². The highest BCUT2D eigenvalue weighted by Gasteiger charge is 2.39. The molecule has 0 aromatic heterocycles. The van der Waals surface area contributed by atoms with Crippen LogP contribution in [0, 0.1) is 0 Å². The lowest BCUT2D eigenvalue weighted by Crippen LogP contribution is -2.38. The summed E-state index contributed by atoms with van der Waals surface area (Å²) in [5.74, 6) is 0.787. The number of ether oxygens (including phenoxy) is 3. The van der Waals surface area contributed by atoms with Gasteiger partial charge >= 0.3 is 0 Å². The van der Waals surface area contributed by atoms with Crippen LogP contribution in [-0.4, -0.2) is 33.0 Å². The molecule has 2 aliphatic rings. The van der Waals surface area contributed by atoms with Crippen molar-refractivity contribution >= 4 is 34.9 Å². The van der Waals surface area contributed by atoms with Crippen LogP contribution in [0.5, 0.6) is 17.2 Å². The molecular formula is C24H23Cl2NO5. The second kappa shape index (κ2) is 9.04. The normalized spacial score (nSPS) is 20.5. The Hall–Kier alpha value is -2.70. The van der Waals surface area contributed by atoms with E-state index in [0.29, 0.717) is 57.0 Å². The minimum absolute atomic E-state index is 0.0222. The summed E-state index contributed by atoms with van der Waals surface area (Å²) < 4.78 is 16.3. The predicted octanol–water partition coefficient (Wildman–Crippen LogP) is 5.02. The van der Waals surface area contributed by atoms with E-state index in [4.69, 9.17) is 37.4 Å². The third kappa shape index (κ3) is 3.93. The van der Waals surface area contributed by atoms with Crippen molar-refractivity contribution in [2.75, 3.05) is 21.3 Å². The van der Waals surface area contributed by atoms with E-state index in [1.807, 2.05) is 18.2 Å². The summed E-state index contributed by atoms with van der Waals surface area (Å²) in [7, 11) is 4.64. The summed E-state index contributed by atoms with van der Waals surface area (Å²) >= 11 is 12.6. The number of hydrogen-bond acceptors (Lipinski definition) is 5. The van der Waals surface area contributed by atoms with E-state index in [2.05, 4.69) is 5.32 Å². The molecule has 0 bridgehead atoms. The number of ketones is 1. The average molecular weight is 476 g/mol. The van der Waals surface area contributed by atoms with Crippen molar-refractivity contribution in [3.05, 3.63) is 62.8 Å². The Morgan fingerprint density at radius 1 is 0.938 bits per heavy atom. The first-order valence-electron chi connectivity index (χ1n) is 10.2. The number of carbonyl (C=O) groups excluding carboxylic acids is 2. The Balaban J connectivity index is 1.75. The van der Waals surface area contributed by atoms with E-state index in [1.54, 1.807) is 33.5 Å². The molecule has 1 aliphatic heterocycles. The lowest BCUT2D eigenvalue weighted by molar-refractivity contribution is -0.122. The van der Waals surface area contributed by atoms with Crippen LogP contribution in [0.1, 0.15) is 42.2 Å². The van der Waals surface area contributed by atoms with Crippen molar-refractivity contribution in [1.29, 1.82) is 0 Å². The molecule has 2 aromatic carbocycles. The zero-order valence-corrected chi connectivity index (χ0v) is 19.5. The number of methoxy groups -OCH3 is 3. The molecule has 32 heavy (non-hydrogen) atoms. The Morgan fingerprint density at radius 2 is 1.62 bits per heavy atom. The molecule has 0 radical (unpaired) electrons. The number of Topliss-reactive ketones (excluding diaryl/α,β-unsaturated/α-hetero) is 1. The quantitative estimate of drug-likeness (QED) is 0.656. The zero-order valence-electron chi connectivity index (χ0n) is 18.0. The highest BCUT2D eigenvalue weighted by molar-refractivity contribution is 6.42. The topological polar surface area (TPSA) is 73.9 Å². The number of amides is 1. The van der Waals surface area contributed by atoms with Gasteiger partial charge in [-0.3, -0.25) is 9.59 Å². The summed E-state index contributed by atoms with van der Waals surface area (Å²) in [6.07, 6.45) is 0.946. The molecule has 1 heterocycles. The van der Waals surface area contributed by atoms with Gasteiger partial charge in [0.2, 0.25) is 11.7 Å². The van der Waals surface area contributed by atoms with Gasteiger partial charge in [0.25, 0.3) is 0 Å². The molecule has 8 heteroatoms. The van der Waals surface area contributed by atoms with Crippen LogP contribution in [0.15, 0.2) is 41.6 Å². The molecular weight excluding hydrogens is 453 g/mol. The molecule has 2 aromatic rings. The fourth-order valence-electron chi connectivity index (χ4n) is 4.59. The van der Waals surface area contributed by atoms with Gasteiger partial charge in [-0.25, -0.2) is 0 Å². The van der Waals surface area contributed by atoms with Gasteiger partial charge in [-0.2, -0.15) is 0 Å². The van der Waals surface area contributed by atoms with Gasteiger partial charge in [-0.05, 0) is 41.7 Å². The van der Waals surface area contributed by atoms with Gasteiger partial charge < -0.3 is 19.5 Å². The number of allylic oxidation sites excluding steroid dienone is 2. The van der Waals surface area contributed by atoms with Crippen molar-refractivity contribution in [2.45, 2.75) is 31.1 Å². The van der Waals surface area contributed by atoms with Crippen LogP contribution >= 0.6 is 23.2 Å². The van der Waals surface area contributed by atoms with Gasteiger partial charge in [0.1, 0.15) is 0 Å². The molecule has 2 atom stereocenters. The second-order valence-electron chi connectivity index (χ2n) is 7.83. The highest BCUT2D eigenvalue weighted by atomic mass is 35.5. The number of carbonyl (C=O) groups is 2. The fraction of sp³-hybridized carbons (Fsp3) is 0.333. The molecule has 0 unspecified atom stereocenters. The lowest BCUT2D eigenvalue weighted by atomic mass is 9.73. The third-order valence-electron chi connectivity index (χ3n) is 6.05. The highest BCUT2D eigenvalue weighted by Crippen LogP contribution is 2.47. The molecule has 4 rings (SSSR count). The molecule has 1 N–H and O–H groups in total. The van der Waals surface area contributed by atoms with Crippen molar-refractivity contribution in [3.8, 4) is 17.2 Å². The van der Waals surface area contributed by atoms with Gasteiger partial charge in [-0.1, -0.05) is 35.3 Å². The van der Waals surface area contributed by atoms with Crippen molar-refractivity contribution < 1.29 is 23.8 Å². The molecule has 0 saturated heterocycles. The van der Waals surface area contributed by atoms with Crippen LogP contribution < -0.4 is 19.5 Å². The summed E-state index contributed by atoms with van der Waals surface area (Å²) in [5.41, 5.74) is 2.81. The van der Waals surface area contributed by atoms with Gasteiger partial charge in [-0.15, -0.1) is 0 Å². The van der Waals surface area contributed by atoms with Crippen molar-refractivity contribution in [1.82, 2.24) is 5.32 Å².